The molecule has 5 heterocycles. The molecule has 1 unspecified atom stereocenters. The van der Waals surface area contributed by atoms with Crippen LogP contribution in [0.25, 0.3) is 16.2 Å². The second-order valence-electron chi connectivity index (χ2n) is 8.63. The number of anilines is 1. The summed E-state index contributed by atoms with van der Waals surface area (Å²) >= 11 is 1.22. The monoisotopic (exact) mass is 502 g/mol. The number of rotatable bonds is 6. The minimum Gasteiger partial charge on any atom is -0.477 e. The Morgan fingerprint density at radius 1 is 1.34 bits per heavy atom. The number of morpholine rings is 1. The molecule has 0 aromatic carbocycles. The second-order valence-corrected chi connectivity index (χ2v) is 9.50. The smallest absolute Gasteiger partial charge is 0.341 e. The third-order valence-electron chi connectivity index (χ3n) is 6.17. The van der Waals surface area contributed by atoms with E-state index >= 15 is 0 Å². The summed E-state index contributed by atoms with van der Waals surface area (Å²) in [6, 6.07) is 1.00. The van der Waals surface area contributed by atoms with Crippen molar-refractivity contribution >= 4 is 40.1 Å². The number of hydrogen-bond acceptors (Lipinski definition) is 9. The van der Waals surface area contributed by atoms with Gasteiger partial charge in [0.25, 0.3) is 0 Å². The second kappa shape index (κ2) is 9.32. The van der Waals surface area contributed by atoms with Crippen LogP contribution in [-0.2, 0) is 9.53 Å². The molecule has 0 radical (unpaired) electrons. The first-order valence-corrected chi connectivity index (χ1v) is 11.9. The van der Waals surface area contributed by atoms with Gasteiger partial charge in [-0.05, 0) is 13.1 Å². The Kier molecular flexibility index (Phi) is 6.21. The van der Waals surface area contributed by atoms with Crippen molar-refractivity contribution in [2.75, 3.05) is 51.3 Å². The SMILES string of the molecule is CN1CCOC(CNC(=O)C2CN(c3nc4c(cc3F)c(=O)c(C(=O)O)cn4-c3nccs3)C2)C1. The van der Waals surface area contributed by atoms with Gasteiger partial charge in [-0.3, -0.25) is 14.2 Å². The van der Waals surface area contributed by atoms with Crippen LogP contribution in [0, 0.1) is 11.7 Å². The molecule has 0 spiro atoms. The minimum atomic E-state index is -1.42. The summed E-state index contributed by atoms with van der Waals surface area (Å²) in [7, 11) is 2.00. The van der Waals surface area contributed by atoms with Crippen molar-refractivity contribution < 1.29 is 23.8 Å². The molecule has 3 aromatic rings. The van der Waals surface area contributed by atoms with Crippen LogP contribution in [0.1, 0.15) is 10.4 Å². The van der Waals surface area contributed by atoms with Gasteiger partial charge in [0.05, 0.1) is 24.0 Å². The summed E-state index contributed by atoms with van der Waals surface area (Å²) in [5, 5.41) is 14.3. The van der Waals surface area contributed by atoms with Crippen molar-refractivity contribution in [1.29, 1.82) is 0 Å². The molecular weight excluding hydrogens is 479 g/mol. The Bertz CT molecular complexity index is 1340. The first kappa shape index (κ1) is 23.3. The molecule has 5 rings (SSSR count). The number of carboxylic acids is 1. The number of fused-ring (bicyclic) bond motifs is 1. The molecule has 11 nitrogen and oxygen atoms in total. The molecule has 1 amide bonds. The van der Waals surface area contributed by atoms with E-state index in [0.29, 0.717) is 18.3 Å². The van der Waals surface area contributed by atoms with Crippen molar-refractivity contribution in [3.63, 3.8) is 0 Å². The largest absolute Gasteiger partial charge is 0.477 e. The summed E-state index contributed by atoms with van der Waals surface area (Å²) < 4.78 is 22.0. The van der Waals surface area contributed by atoms with Crippen LogP contribution in [0.3, 0.4) is 0 Å². The number of carboxylic acid groups (broad SMARTS) is 1. The summed E-state index contributed by atoms with van der Waals surface area (Å²) in [6.07, 6.45) is 2.62. The van der Waals surface area contributed by atoms with E-state index in [4.69, 9.17) is 4.74 Å². The van der Waals surface area contributed by atoms with E-state index < -0.39 is 22.8 Å². The van der Waals surface area contributed by atoms with Gasteiger partial charge in [-0.25, -0.2) is 19.2 Å². The van der Waals surface area contributed by atoms with Crippen LogP contribution < -0.4 is 15.6 Å². The van der Waals surface area contributed by atoms with E-state index in [2.05, 4.69) is 20.2 Å². The lowest BCUT2D eigenvalue weighted by Crippen LogP contribution is -2.56. The first-order valence-electron chi connectivity index (χ1n) is 11.0. The first-order chi connectivity index (χ1) is 16.8. The summed E-state index contributed by atoms with van der Waals surface area (Å²) in [4.78, 5) is 49.1. The fourth-order valence-corrected chi connectivity index (χ4v) is 4.85. The highest BCUT2D eigenvalue weighted by molar-refractivity contribution is 7.12. The van der Waals surface area contributed by atoms with Crippen molar-refractivity contribution in [2.45, 2.75) is 6.10 Å². The van der Waals surface area contributed by atoms with Crippen LogP contribution in [-0.4, -0.2) is 88.9 Å². The standard InChI is InChI=1S/C22H23FN6O5S/c1-27-3-4-34-13(10-27)7-25-20(31)12-8-28(9-12)19-16(23)6-14-17(30)15(21(32)33)11-29(18(14)26-19)22-24-2-5-35-22/h2,5-6,11-13H,3-4,7-10H2,1H3,(H,25,31)(H,32,33). The van der Waals surface area contributed by atoms with Gasteiger partial charge in [0.15, 0.2) is 22.4 Å². The number of ether oxygens (including phenoxy) is 1. The fraction of sp³-hybridized carbons (Fsp3) is 0.409. The number of hydrogen-bond donors (Lipinski definition) is 2. The topological polar surface area (TPSA) is 130 Å². The zero-order valence-corrected chi connectivity index (χ0v) is 19.6. The fourth-order valence-electron chi connectivity index (χ4n) is 4.24. The van der Waals surface area contributed by atoms with E-state index in [1.54, 1.807) is 10.3 Å². The van der Waals surface area contributed by atoms with Crippen molar-refractivity contribution in [3.05, 3.63) is 45.4 Å². The average molecular weight is 503 g/mol. The van der Waals surface area contributed by atoms with Crippen LogP contribution in [0.5, 0.6) is 0 Å². The summed E-state index contributed by atoms with van der Waals surface area (Å²) in [5.41, 5.74) is -1.23. The maximum Gasteiger partial charge on any atom is 0.341 e. The number of amides is 1. The molecule has 3 aromatic heterocycles. The third kappa shape index (κ3) is 4.49. The third-order valence-corrected chi connectivity index (χ3v) is 6.94. The van der Waals surface area contributed by atoms with Gasteiger partial charge >= 0.3 is 5.97 Å². The maximum atomic E-state index is 15.0. The molecule has 2 saturated heterocycles. The van der Waals surface area contributed by atoms with Gasteiger partial charge in [-0.2, -0.15) is 0 Å². The van der Waals surface area contributed by atoms with Crippen molar-refractivity contribution in [3.8, 4) is 5.13 Å². The Morgan fingerprint density at radius 3 is 2.83 bits per heavy atom. The van der Waals surface area contributed by atoms with E-state index in [1.165, 1.54) is 22.1 Å². The highest BCUT2D eigenvalue weighted by atomic mass is 32.1. The Balaban J connectivity index is 1.36. The predicted octanol–water partition coefficient (Wildman–Crippen LogP) is 0.563. The molecule has 2 aliphatic rings. The molecule has 2 fully saturated rings. The number of nitrogens with zero attached hydrogens (tertiary/aromatic N) is 5. The molecule has 2 N–H and O–H groups in total. The number of aromatic carboxylic acids is 1. The van der Waals surface area contributed by atoms with Crippen molar-refractivity contribution in [1.82, 2.24) is 24.8 Å². The molecular formula is C22H23FN6O5S. The van der Waals surface area contributed by atoms with Crippen LogP contribution in [0.15, 0.2) is 28.6 Å². The highest BCUT2D eigenvalue weighted by Gasteiger charge is 2.36. The Hall–Kier alpha value is -3.42. The number of carbonyl (C=O) groups excluding carboxylic acids is 1. The summed E-state index contributed by atoms with van der Waals surface area (Å²) in [6.45, 7) is 3.17. The highest BCUT2D eigenvalue weighted by Crippen LogP contribution is 2.29. The van der Waals surface area contributed by atoms with Gasteiger partial charge < -0.3 is 25.0 Å². The molecule has 2 aliphatic heterocycles. The van der Waals surface area contributed by atoms with Gasteiger partial charge in [0.2, 0.25) is 11.3 Å². The maximum absolute atomic E-state index is 15.0. The van der Waals surface area contributed by atoms with Crippen LogP contribution in [0.2, 0.25) is 0 Å². The number of nitrogens with one attached hydrogen (secondary N) is 1. The number of thiazole rings is 1. The molecule has 13 heteroatoms. The molecule has 0 bridgehead atoms. The zero-order chi connectivity index (χ0) is 24.7. The van der Waals surface area contributed by atoms with Crippen LogP contribution in [0.4, 0.5) is 10.2 Å². The Morgan fingerprint density at radius 2 is 2.14 bits per heavy atom. The van der Waals surface area contributed by atoms with Gasteiger partial charge in [-0.15, -0.1) is 11.3 Å². The lowest BCUT2D eigenvalue weighted by molar-refractivity contribution is -0.126. The van der Waals surface area contributed by atoms with E-state index in [9.17, 15) is 23.9 Å². The lowest BCUT2D eigenvalue weighted by Gasteiger charge is -2.39. The number of aromatic nitrogens is 3. The zero-order valence-electron chi connectivity index (χ0n) is 18.8. The lowest BCUT2D eigenvalue weighted by atomic mass is 9.99. The number of carbonyl (C=O) groups is 2. The molecule has 1 atom stereocenters. The molecule has 0 aliphatic carbocycles. The quantitative estimate of drug-likeness (QED) is 0.497. The number of pyridine rings is 2. The van der Waals surface area contributed by atoms with Gasteiger partial charge in [0, 0.05) is 50.5 Å². The Labute approximate surface area is 202 Å². The van der Waals surface area contributed by atoms with Gasteiger partial charge in [0.1, 0.15) is 5.56 Å². The normalized spacial score (nSPS) is 19.0. The van der Waals surface area contributed by atoms with E-state index in [1.807, 2.05) is 7.05 Å². The van der Waals surface area contributed by atoms with Crippen LogP contribution >= 0.6 is 11.3 Å². The number of halogens is 1. The average Bonchev–Trinajstić information content (AvgIpc) is 3.32. The minimum absolute atomic E-state index is 0.00781. The van der Waals surface area contributed by atoms with E-state index in [0.717, 1.165) is 25.4 Å². The van der Waals surface area contributed by atoms with Crippen molar-refractivity contribution in [2.24, 2.45) is 5.92 Å². The van der Waals surface area contributed by atoms with Gasteiger partial charge in [-0.1, -0.05) is 0 Å². The molecule has 184 valence electrons. The predicted molar refractivity (Wildman–Crippen MR) is 126 cm³/mol. The summed E-state index contributed by atoms with van der Waals surface area (Å²) in [5.74, 6) is -2.66. The number of likely N-dealkylation sites (N-methyl/N-ethyl adjacent to an activating group) is 1. The molecule has 35 heavy (non-hydrogen) atoms. The van der Waals surface area contributed by atoms with E-state index in [-0.39, 0.29) is 47.9 Å². The molecule has 0 saturated carbocycles.